The standard InChI is InChI=1S/C18H28N2O2S/c1-2-7-19(6-1)8-10-21-17-4-3-16-18(17)22-11-9-20(16)13-15-5-12-23-14-15/h5,12,14,16-18H,1-4,6-11,13H2/t16-,17+,18+/m1/s1. The van der Waals surface area contributed by atoms with Crippen molar-refractivity contribution in [2.75, 3.05) is 39.4 Å². The monoisotopic (exact) mass is 336 g/mol. The molecule has 3 fully saturated rings. The molecule has 4 nitrogen and oxygen atoms in total. The summed E-state index contributed by atoms with van der Waals surface area (Å²) >= 11 is 1.79. The fraction of sp³-hybridized carbons (Fsp3) is 0.778. The largest absolute Gasteiger partial charge is 0.374 e. The maximum atomic E-state index is 6.23. The van der Waals surface area contributed by atoms with Crippen molar-refractivity contribution in [3.05, 3.63) is 22.4 Å². The summed E-state index contributed by atoms with van der Waals surface area (Å²) in [6.07, 6.45) is 5.65. The number of likely N-dealkylation sites (tertiary alicyclic amines) is 1. The smallest absolute Gasteiger partial charge is 0.0992 e. The van der Waals surface area contributed by atoms with E-state index in [0.29, 0.717) is 12.1 Å². The van der Waals surface area contributed by atoms with Crippen LogP contribution in [-0.2, 0) is 16.0 Å². The topological polar surface area (TPSA) is 24.9 Å². The second kappa shape index (κ2) is 7.62. The summed E-state index contributed by atoms with van der Waals surface area (Å²) in [4.78, 5) is 5.14. The maximum absolute atomic E-state index is 6.23. The fourth-order valence-electron chi connectivity index (χ4n) is 4.32. The molecule has 3 aliphatic rings. The van der Waals surface area contributed by atoms with Crippen LogP contribution in [0.2, 0.25) is 0 Å². The molecular weight excluding hydrogens is 308 g/mol. The predicted octanol–water partition coefficient (Wildman–Crippen LogP) is 2.59. The van der Waals surface area contributed by atoms with E-state index in [9.17, 15) is 0 Å². The van der Waals surface area contributed by atoms with Gasteiger partial charge in [-0.3, -0.25) is 4.90 Å². The van der Waals surface area contributed by atoms with Crippen LogP contribution in [0.1, 0.15) is 31.2 Å². The molecule has 1 aromatic rings. The van der Waals surface area contributed by atoms with Crippen LogP contribution < -0.4 is 0 Å². The van der Waals surface area contributed by atoms with Gasteiger partial charge in [0.05, 0.1) is 25.4 Å². The zero-order valence-corrected chi connectivity index (χ0v) is 14.7. The van der Waals surface area contributed by atoms with Crippen molar-refractivity contribution in [2.24, 2.45) is 0 Å². The SMILES string of the molecule is c1cc(CN2CCO[C@@H]3[C@@H](OCCN4CCCC4)CC[C@H]32)cs1. The lowest BCUT2D eigenvalue weighted by Crippen LogP contribution is -2.51. The van der Waals surface area contributed by atoms with Crippen LogP contribution in [0.4, 0.5) is 0 Å². The lowest BCUT2D eigenvalue weighted by molar-refractivity contribution is -0.116. The van der Waals surface area contributed by atoms with Gasteiger partial charge < -0.3 is 14.4 Å². The molecule has 23 heavy (non-hydrogen) atoms. The highest BCUT2D eigenvalue weighted by molar-refractivity contribution is 7.07. The average molecular weight is 337 g/mol. The minimum Gasteiger partial charge on any atom is -0.374 e. The Bertz CT molecular complexity index is 475. The Hall–Kier alpha value is -0.460. The highest BCUT2D eigenvalue weighted by Crippen LogP contribution is 2.33. The van der Waals surface area contributed by atoms with E-state index < -0.39 is 0 Å². The molecular formula is C18H28N2O2S. The highest BCUT2D eigenvalue weighted by Gasteiger charge is 2.43. The highest BCUT2D eigenvalue weighted by atomic mass is 32.1. The van der Waals surface area contributed by atoms with Gasteiger partial charge in [-0.2, -0.15) is 11.3 Å². The van der Waals surface area contributed by atoms with Crippen LogP contribution in [0.15, 0.2) is 16.8 Å². The molecule has 128 valence electrons. The van der Waals surface area contributed by atoms with Gasteiger partial charge in [0, 0.05) is 25.7 Å². The third-order valence-electron chi connectivity index (χ3n) is 5.55. The summed E-state index contributed by atoms with van der Waals surface area (Å²) in [5, 5.41) is 4.44. The molecule has 1 aromatic heterocycles. The van der Waals surface area contributed by atoms with Crippen LogP contribution in [0.3, 0.4) is 0 Å². The normalized spacial score (nSPS) is 32.4. The van der Waals surface area contributed by atoms with Gasteiger partial charge in [-0.15, -0.1) is 0 Å². The van der Waals surface area contributed by atoms with Crippen LogP contribution in [0, 0.1) is 0 Å². The molecule has 2 aliphatic heterocycles. The Kier molecular flexibility index (Phi) is 5.31. The van der Waals surface area contributed by atoms with E-state index in [1.165, 1.54) is 37.9 Å². The summed E-state index contributed by atoms with van der Waals surface area (Å²) in [6.45, 7) is 7.42. The molecule has 0 unspecified atom stereocenters. The number of hydrogen-bond acceptors (Lipinski definition) is 5. The van der Waals surface area contributed by atoms with Gasteiger partial charge in [-0.1, -0.05) is 0 Å². The zero-order valence-electron chi connectivity index (χ0n) is 13.9. The van der Waals surface area contributed by atoms with Crippen molar-refractivity contribution >= 4 is 11.3 Å². The minimum atomic E-state index is 0.279. The van der Waals surface area contributed by atoms with E-state index in [1.54, 1.807) is 11.3 Å². The Morgan fingerprint density at radius 1 is 1.22 bits per heavy atom. The van der Waals surface area contributed by atoms with Gasteiger partial charge >= 0.3 is 0 Å². The molecule has 0 radical (unpaired) electrons. The summed E-state index contributed by atoms with van der Waals surface area (Å²) < 4.78 is 12.3. The number of nitrogens with zero attached hydrogens (tertiary/aromatic N) is 2. The molecule has 3 heterocycles. The Morgan fingerprint density at radius 2 is 2.13 bits per heavy atom. The Morgan fingerprint density at radius 3 is 2.96 bits per heavy atom. The quantitative estimate of drug-likeness (QED) is 0.797. The molecule has 0 aromatic carbocycles. The predicted molar refractivity (Wildman–Crippen MR) is 92.9 cm³/mol. The number of thiophene rings is 1. The van der Waals surface area contributed by atoms with E-state index in [4.69, 9.17) is 9.47 Å². The molecule has 1 saturated carbocycles. The first-order chi connectivity index (χ1) is 11.4. The second-order valence-electron chi connectivity index (χ2n) is 7.04. The number of ether oxygens (including phenoxy) is 2. The lowest BCUT2D eigenvalue weighted by atomic mass is 10.1. The van der Waals surface area contributed by atoms with Gasteiger partial charge in [0.2, 0.25) is 0 Å². The summed E-state index contributed by atoms with van der Waals surface area (Å²) in [6, 6.07) is 2.79. The summed E-state index contributed by atoms with van der Waals surface area (Å²) in [7, 11) is 0. The molecule has 4 rings (SSSR count). The van der Waals surface area contributed by atoms with Crippen molar-refractivity contribution in [1.29, 1.82) is 0 Å². The second-order valence-corrected chi connectivity index (χ2v) is 7.82. The van der Waals surface area contributed by atoms with Crippen molar-refractivity contribution in [3.8, 4) is 0 Å². The molecule has 0 spiro atoms. The van der Waals surface area contributed by atoms with Gasteiger partial charge in [0.25, 0.3) is 0 Å². The number of hydrogen-bond donors (Lipinski definition) is 0. The van der Waals surface area contributed by atoms with Gasteiger partial charge in [0.15, 0.2) is 0 Å². The van der Waals surface area contributed by atoms with Crippen molar-refractivity contribution in [2.45, 2.75) is 50.5 Å². The third kappa shape index (κ3) is 3.80. The van der Waals surface area contributed by atoms with E-state index in [1.807, 2.05) is 0 Å². The van der Waals surface area contributed by atoms with Crippen molar-refractivity contribution < 1.29 is 9.47 Å². The van der Waals surface area contributed by atoms with E-state index in [-0.39, 0.29) is 6.10 Å². The van der Waals surface area contributed by atoms with Crippen molar-refractivity contribution in [3.63, 3.8) is 0 Å². The Labute approximate surface area is 143 Å². The molecule has 5 heteroatoms. The molecule has 0 bridgehead atoms. The van der Waals surface area contributed by atoms with Crippen LogP contribution in [-0.4, -0.2) is 67.4 Å². The molecule has 3 atom stereocenters. The maximum Gasteiger partial charge on any atom is 0.0992 e. The zero-order chi connectivity index (χ0) is 15.5. The van der Waals surface area contributed by atoms with Gasteiger partial charge in [-0.25, -0.2) is 0 Å². The van der Waals surface area contributed by atoms with Crippen LogP contribution in [0.25, 0.3) is 0 Å². The summed E-state index contributed by atoms with van der Waals surface area (Å²) in [5.74, 6) is 0. The molecule has 0 N–H and O–H groups in total. The Balaban J connectivity index is 1.28. The molecule has 1 aliphatic carbocycles. The first-order valence-electron chi connectivity index (χ1n) is 9.11. The van der Waals surface area contributed by atoms with Crippen LogP contribution in [0.5, 0.6) is 0 Å². The third-order valence-corrected chi connectivity index (χ3v) is 6.29. The van der Waals surface area contributed by atoms with Gasteiger partial charge in [-0.05, 0) is 61.2 Å². The lowest BCUT2D eigenvalue weighted by Gasteiger charge is -2.39. The summed E-state index contributed by atoms with van der Waals surface area (Å²) in [5.41, 5.74) is 1.44. The fourth-order valence-corrected chi connectivity index (χ4v) is 4.98. The average Bonchev–Trinajstić information content (AvgIpc) is 3.30. The first-order valence-corrected chi connectivity index (χ1v) is 10.0. The van der Waals surface area contributed by atoms with Gasteiger partial charge in [0.1, 0.15) is 0 Å². The molecule has 2 saturated heterocycles. The number of fused-ring (bicyclic) bond motifs is 1. The minimum absolute atomic E-state index is 0.279. The van der Waals surface area contributed by atoms with Crippen molar-refractivity contribution in [1.82, 2.24) is 9.80 Å². The number of morpholine rings is 1. The van der Waals surface area contributed by atoms with E-state index >= 15 is 0 Å². The van der Waals surface area contributed by atoms with E-state index in [2.05, 4.69) is 26.6 Å². The number of rotatable bonds is 6. The molecule has 0 amide bonds. The first kappa shape index (κ1) is 16.0. The van der Waals surface area contributed by atoms with E-state index in [0.717, 1.165) is 39.3 Å². The van der Waals surface area contributed by atoms with Crippen LogP contribution >= 0.6 is 11.3 Å².